The van der Waals surface area contributed by atoms with E-state index in [0.29, 0.717) is 11.7 Å². The number of rotatable bonds is 4. The molecule has 3 N–H and O–H groups in total. The molecule has 1 aliphatic rings. The van der Waals surface area contributed by atoms with E-state index in [1.165, 1.54) is 12.1 Å². The first-order chi connectivity index (χ1) is 8.84. The Hall–Kier alpha value is -1.72. The molecule has 0 radical (unpaired) electrons. The van der Waals surface area contributed by atoms with Crippen molar-refractivity contribution in [2.75, 3.05) is 11.4 Å². The van der Waals surface area contributed by atoms with Crippen molar-refractivity contribution in [2.24, 2.45) is 5.73 Å². The molecule has 0 aromatic heterocycles. The van der Waals surface area contributed by atoms with Gasteiger partial charge in [0.2, 0.25) is 0 Å². The minimum absolute atomic E-state index is 0.246. The highest BCUT2D eigenvalue weighted by Crippen LogP contribution is 2.36. The second-order valence-corrected chi connectivity index (χ2v) is 4.66. The molecule has 1 saturated carbocycles. The average Bonchev–Trinajstić information content (AvgIpc) is 3.13. The Bertz CT molecular complexity index is 492. The molecule has 1 fully saturated rings. The van der Waals surface area contributed by atoms with Crippen molar-refractivity contribution in [2.45, 2.75) is 32.0 Å². The van der Waals surface area contributed by atoms with Crippen LogP contribution in [0.4, 0.5) is 18.9 Å². The number of benzene rings is 1. The second kappa shape index (κ2) is 4.75. The maximum atomic E-state index is 12.8. The molecule has 1 aromatic carbocycles. The summed E-state index contributed by atoms with van der Waals surface area (Å²) in [4.78, 5) is 2.05. The van der Waals surface area contributed by atoms with Gasteiger partial charge in [0, 0.05) is 23.8 Å². The molecular weight excluding hydrogens is 255 g/mol. The van der Waals surface area contributed by atoms with E-state index >= 15 is 0 Å². The van der Waals surface area contributed by atoms with Crippen LogP contribution in [0.1, 0.15) is 30.9 Å². The molecule has 0 amide bonds. The minimum Gasteiger partial charge on any atom is -0.384 e. The van der Waals surface area contributed by atoms with E-state index in [-0.39, 0.29) is 5.56 Å². The van der Waals surface area contributed by atoms with Crippen LogP contribution in [0.15, 0.2) is 18.2 Å². The molecule has 2 rings (SSSR count). The van der Waals surface area contributed by atoms with Crippen molar-refractivity contribution < 1.29 is 13.2 Å². The zero-order chi connectivity index (χ0) is 14.2. The highest BCUT2D eigenvalue weighted by atomic mass is 19.4. The summed E-state index contributed by atoms with van der Waals surface area (Å²) in [6.07, 6.45) is -2.37. The minimum atomic E-state index is -4.49. The van der Waals surface area contributed by atoms with E-state index in [1.807, 2.05) is 11.8 Å². The summed E-state index contributed by atoms with van der Waals surface area (Å²) >= 11 is 0. The van der Waals surface area contributed by atoms with Crippen molar-refractivity contribution >= 4 is 11.5 Å². The van der Waals surface area contributed by atoms with Crippen LogP contribution < -0.4 is 10.6 Å². The summed E-state index contributed by atoms with van der Waals surface area (Å²) in [6.45, 7) is 2.69. The fourth-order valence-corrected chi connectivity index (χ4v) is 2.22. The van der Waals surface area contributed by atoms with Crippen molar-refractivity contribution in [3.63, 3.8) is 0 Å². The Morgan fingerprint density at radius 1 is 1.42 bits per heavy atom. The molecule has 0 unspecified atom stereocenters. The van der Waals surface area contributed by atoms with Gasteiger partial charge in [-0.25, -0.2) is 0 Å². The summed E-state index contributed by atoms with van der Waals surface area (Å²) in [5.74, 6) is -0.555. The van der Waals surface area contributed by atoms with Gasteiger partial charge in [-0.1, -0.05) is 0 Å². The SMILES string of the molecule is CCN(c1ccc(C(F)(F)F)c(C(=N)N)c1)C1CC1. The highest BCUT2D eigenvalue weighted by molar-refractivity contribution is 5.97. The fraction of sp³-hybridized carbons (Fsp3) is 0.462. The lowest BCUT2D eigenvalue weighted by Crippen LogP contribution is -2.26. The van der Waals surface area contributed by atoms with E-state index in [0.717, 1.165) is 25.5 Å². The number of amidine groups is 1. The van der Waals surface area contributed by atoms with Gasteiger partial charge in [0.1, 0.15) is 5.84 Å². The Labute approximate surface area is 109 Å². The summed E-state index contributed by atoms with van der Waals surface area (Å²) < 4.78 is 38.5. The summed E-state index contributed by atoms with van der Waals surface area (Å²) in [5, 5.41) is 7.33. The van der Waals surface area contributed by atoms with E-state index in [2.05, 4.69) is 0 Å². The number of hydrogen-bond donors (Lipinski definition) is 2. The Morgan fingerprint density at radius 2 is 2.05 bits per heavy atom. The molecule has 0 bridgehead atoms. The van der Waals surface area contributed by atoms with Crippen LogP contribution in [0, 0.1) is 5.41 Å². The third-order valence-corrected chi connectivity index (χ3v) is 3.26. The lowest BCUT2D eigenvalue weighted by molar-refractivity contribution is -0.137. The third-order valence-electron chi connectivity index (χ3n) is 3.26. The highest BCUT2D eigenvalue weighted by Gasteiger charge is 2.35. The zero-order valence-electron chi connectivity index (χ0n) is 10.6. The van der Waals surface area contributed by atoms with E-state index in [1.54, 1.807) is 0 Å². The van der Waals surface area contributed by atoms with E-state index in [4.69, 9.17) is 11.1 Å². The molecule has 3 nitrogen and oxygen atoms in total. The van der Waals surface area contributed by atoms with Crippen molar-refractivity contribution in [1.29, 1.82) is 5.41 Å². The third kappa shape index (κ3) is 2.83. The molecule has 1 aliphatic carbocycles. The molecule has 0 atom stereocenters. The average molecular weight is 271 g/mol. The van der Waals surface area contributed by atoms with Gasteiger partial charge in [0.25, 0.3) is 0 Å². The van der Waals surface area contributed by atoms with E-state index < -0.39 is 17.6 Å². The van der Waals surface area contributed by atoms with Gasteiger partial charge in [-0.15, -0.1) is 0 Å². The summed E-state index contributed by atoms with van der Waals surface area (Å²) in [6, 6.07) is 4.24. The molecular formula is C13H16F3N3. The van der Waals surface area contributed by atoms with Gasteiger partial charge >= 0.3 is 6.18 Å². The van der Waals surface area contributed by atoms with Crippen LogP contribution in [0.3, 0.4) is 0 Å². The first-order valence-electron chi connectivity index (χ1n) is 6.17. The molecule has 6 heteroatoms. The molecule has 104 valence electrons. The van der Waals surface area contributed by atoms with Gasteiger partial charge < -0.3 is 10.6 Å². The lowest BCUT2D eigenvalue weighted by atomic mass is 10.0. The quantitative estimate of drug-likeness (QED) is 0.653. The molecule has 0 heterocycles. The normalized spacial score (nSPS) is 15.4. The Balaban J connectivity index is 2.44. The maximum absolute atomic E-state index is 12.8. The number of hydrogen-bond acceptors (Lipinski definition) is 2. The summed E-state index contributed by atoms with van der Waals surface area (Å²) in [5.41, 5.74) is 4.88. The van der Waals surface area contributed by atoms with Crippen molar-refractivity contribution in [3.05, 3.63) is 29.3 Å². The molecule has 0 aliphatic heterocycles. The van der Waals surface area contributed by atoms with Crippen LogP contribution >= 0.6 is 0 Å². The van der Waals surface area contributed by atoms with Crippen LogP contribution in [-0.4, -0.2) is 18.4 Å². The molecule has 1 aromatic rings. The Morgan fingerprint density at radius 3 is 2.47 bits per heavy atom. The predicted molar refractivity (Wildman–Crippen MR) is 68.5 cm³/mol. The number of nitrogens with one attached hydrogen (secondary N) is 1. The Kier molecular flexibility index (Phi) is 3.43. The van der Waals surface area contributed by atoms with Gasteiger partial charge in [0.15, 0.2) is 0 Å². The van der Waals surface area contributed by atoms with Crippen LogP contribution in [0.5, 0.6) is 0 Å². The first kappa shape index (κ1) is 13.7. The van der Waals surface area contributed by atoms with Crippen molar-refractivity contribution in [1.82, 2.24) is 0 Å². The fourth-order valence-electron chi connectivity index (χ4n) is 2.22. The van der Waals surface area contributed by atoms with Crippen LogP contribution in [0.25, 0.3) is 0 Å². The number of halogens is 3. The van der Waals surface area contributed by atoms with Gasteiger partial charge in [-0.2, -0.15) is 13.2 Å². The van der Waals surface area contributed by atoms with E-state index in [9.17, 15) is 13.2 Å². The lowest BCUT2D eigenvalue weighted by Gasteiger charge is -2.24. The topological polar surface area (TPSA) is 53.1 Å². The number of alkyl halides is 3. The molecule has 19 heavy (non-hydrogen) atoms. The first-order valence-corrected chi connectivity index (χ1v) is 6.17. The van der Waals surface area contributed by atoms with Crippen LogP contribution in [-0.2, 0) is 6.18 Å². The maximum Gasteiger partial charge on any atom is 0.417 e. The number of nitrogens with zero attached hydrogens (tertiary/aromatic N) is 1. The number of nitrogen functional groups attached to an aromatic ring is 1. The summed E-state index contributed by atoms with van der Waals surface area (Å²) in [7, 11) is 0. The standard InChI is InChI=1S/C13H16F3N3/c1-2-19(8-3-4-8)9-5-6-11(13(14,15)16)10(7-9)12(17)18/h5-8H,2-4H2,1H3,(H3,17,18). The number of anilines is 1. The molecule has 0 saturated heterocycles. The molecule has 0 spiro atoms. The second-order valence-electron chi connectivity index (χ2n) is 4.66. The van der Waals surface area contributed by atoms with Gasteiger partial charge in [0.05, 0.1) is 5.56 Å². The number of nitrogens with two attached hydrogens (primary N) is 1. The largest absolute Gasteiger partial charge is 0.417 e. The smallest absolute Gasteiger partial charge is 0.384 e. The van der Waals surface area contributed by atoms with Crippen LogP contribution in [0.2, 0.25) is 0 Å². The monoisotopic (exact) mass is 271 g/mol. The zero-order valence-corrected chi connectivity index (χ0v) is 10.6. The van der Waals surface area contributed by atoms with Crippen molar-refractivity contribution in [3.8, 4) is 0 Å². The predicted octanol–water partition coefficient (Wildman–Crippen LogP) is 2.98. The van der Waals surface area contributed by atoms with Gasteiger partial charge in [-0.05, 0) is 38.0 Å². The van der Waals surface area contributed by atoms with Gasteiger partial charge in [-0.3, -0.25) is 5.41 Å².